The van der Waals surface area contributed by atoms with Crippen molar-refractivity contribution in [2.75, 3.05) is 18.1 Å². The molecule has 0 unspecified atom stereocenters. The highest BCUT2D eigenvalue weighted by Crippen LogP contribution is 2.24. The van der Waals surface area contributed by atoms with Crippen LogP contribution in [-0.4, -0.2) is 28.1 Å². The summed E-state index contributed by atoms with van der Waals surface area (Å²) >= 11 is 5.86. The largest absolute Gasteiger partial charge is 0.464 e. The van der Waals surface area contributed by atoms with Crippen molar-refractivity contribution in [2.45, 2.75) is 13.8 Å². The third-order valence-corrected chi connectivity index (χ3v) is 2.70. The molecule has 0 spiro atoms. The van der Waals surface area contributed by atoms with Crippen molar-refractivity contribution in [1.29, 1.82) is 0 Å². The molecule has 0 fully saturated rings. The van der Waals surface area contributed by atoms with Crippen molar-refractivity contribution in [2.24, 2.45) is 0 Å². The molecule has 0 amide bonds. The van der Waals surface area contributed by atoms with E-state index in [2.05, 4.69) is 15.0 Å². The lowest BCUT2D eigenvalue weighted by Crippen LogP contribution is -2.19. The van der Waals surface area contributed by atoms with E-state index in [1.54, 1.807) is 17.0 Å². The molecule has 0 atom stereocenters. The number of benzene rings is 1. The van der Waals surface area contributed by atoms with E-state index < -0.39 is 0 Å². The highest BCUT2D eigenvalue weighted by atomic mass is 35.5. The molecule has 1 heterocycles. The first-order valence-corrected chi connectivity index (χ1v) is 6.59. The summed E-state index contributed by atoms with van der Waals surface area (Å²) in [6.45, 7) is 4.70. The van der Waals surface area contributed by atoms with Crippen molar-refractivity contribution in [3.05, 3.63) is 35.4 Å². The molecule has 106 valence electrons. The van der Waals surface area contributed by atoms with E-state index >= 15 is 0 Å². The highest BCUT2D eigenvalue weighted by molar-refractivity contribution is 6.28. The van der Waals surface area contributed by atoms with E-state index in [1.165, 1.54) is 12.1 Å². The van der Waals surface area contributed by atoms with Gasteiger partial charge in [0.1, 0.15) is 5.82 Å². The van der Waals surface area contributed by atoms with Crippen LogP contribution in [-0.2, 0) is 0 Å². The summed E-state index contributed by atoms with van der Waals surface area (Å²) in [4.78, 5) is 13.8. The maximum Gasteiger partial charge on any atom is 0.322 e. The van der Waals surface area contributed by atoms with Gasteiger partial charge in [-0.05, 0) is 43.6 Å². The lowest BCUT2D eigenvalue weighted by Gasteiger charge is -2.21. The second-order valence-corrected chi connectivity index (χ2v) is 4.18. The third kappa shape index (κ3) is 3.33. The minimum absolute atomic E-state index is 0.0355. The predicted molar refractivity (Wildman–Crippen MR) is 75.1 cm³/mol. The first-order chi connectivity index (χ1) is 9.63. The standard InChI is InChI=1S/C13H14ClFN4O/c1-3-19(10-7-5-6-9(15)8-10)12-16-11(14)17-13(18-12)20-4-2/h5-8H,3-4H2,1-2H3. The minimum atomic E-state index is -0.328. The van der Waals surface area contributed by atoms with Crippen LogP contribution in [0, 0.1) is 5.82 Å². The number of halogens is 2. The maximum absolute atomic E-state index is 13.3. The van der Waals surface area contributed by atoms with E-state index in [0.29, 0.717) is 24.8 Å². The first kappa shape index (κ1) is 14.5. The lowest BCUT2D eigenvalue weighted by atomic mass is 10.3. The average molecular weight is 297 g/mol. The van der Waals surface area contributed by atoms with E-state index in [-0.39, 0.29) is 17.1 Å². The SMILES string of the molecule is CCOc1nc(Cl)nc(N(CC)c2cccc(F)c2)n1. The molecule has 0 saturated carbocycles. The van der Waals surface area contributed by atoms with Gasteiger partial charge in [0.2, 0.25) is 11.2 Å². The van der Waals surface area contributed by atoms with Gasteiger partial charge in [0.15, 0.2) is 0 Å². The maximum atomic E-state index is 13.3. The number of hydrogen-bond acceptors (Lipinski definition) is 5. The van der Waals surface area contributed by atoms with Crippen LogP contribution in [0.3, 0.4) is 0 Å². The predicted octanol–water partition coefficient (Wildman–Crippen LogP) is 3.22. The van der Waals surface area contributed by atoms with Gasteiger partial charge in [-0.1, -0.05) is 6.07 Å². The molecule has 0 bridgehead atoms. The fourth-order valence-electron chi connectivity index (χ4n) is 1.72. The van der Waals surface area contributed by atoms with E-state index in [1.807, 2.05) is 13.8 Å². The van der Waals surface area contributed by atoms with Crippen molar-refractivity contribution in [3.8, 4) is 6.01 Å². The molecule has 0 aliphatic rings. The van der Waals surface area contributed by atoms with E-state index in [4.69, 9.17) is 16.3 Å². The third-order valence-electron chi connectivity index (χ3n) is 2.53. The first-order valence-electron chi connectivity index (χ1n) is 6.21. The Hall–Kier alpha value is -1.95. The molecule has 0 radical (unpaired) electrons. The highest BCUT2D eigenvalue weighted by Gasteiger charge is 2.14. The van der Waals surface area contributed by atoms with Crippen LogP contribution in [0.5, 0.6) is 6.01 Å². The molecule has 1 aromatic heterocycles. The van der Waals surface area contributed by atoms with E-state index in [0.717, 1.165) is 0 Å². The molecule has 5 nitrogen and oxygen atoms in total. The van der Waals surface area contributed by atoms with Crippen LogP contribution >= 0.6 is 11.6 Å². The molecule has 0 aliphatic heterocycles. The Morgan fingerprint density at radius 1 is 1.25 bits per heavy atom. The van der Waals surface area contributed by atoms with Gasteiger partial charge in [-0.3, -0.25) is 0 Å². The van der Waals surface area contributed by atoms with Crippen molar-refractivity contribution < 1.29 is 9.13 Å². The van der Waals surface area contributed by atoms with E-state index in [9.17, 15) is 4.39 Å². The van der Waals surface area contributed by atoms with Crippen LogP contribution in [0.4, 0.5) is 16.0 Å². The number of nitrogens with zero attached hydrogens (tertiary/aromatic N) is 4. The van der Waals surface area contributed by atoms with Gasteiger partial charge < -0.3 is 9.64 Å². The quantitative estimate of drug-likeness (QED) is 0.848. The summed E-state index contributed by atoms with van der Waals surface area (Å²) in [5, 5.41) is 0.0355. The summed E-state index contributed by atoms with van der Waals surface area (Å²) in [5.74, 6) is -0.00677. The van der Waals surface area contributed by atoms with Gasteiger partial charge in [0.05, 0.1) is 6.61 Å². The molecule has 0 N–H and O–H groups in total. The monoisotopic (exact) mass is 296 g/mol. The Bertz CT molecular complexity index is 596. The lowest BCUT2D eigenvalue weighted by molar-refractivity contribution is 0.311. The molecule has 7 heteroatoms. The Kier molecular flexibility index (Phi) is 4.68. The Balaban J connectivity index is 2.41. The summed E-state index contributed by atoms with van der Waals surface area (Å²) in [7, 11) is 0. The van der Waals surface area contributed by atoms with Gasteiger partial charge in [0.25, 0.3) is 0 Å². The fourth-order valence-corrected chi connectivity index (χ4v) is 1.87. The zero-order valence-corrected chi connectivity index (χ0v) is 11.9. The van der Waals surface area contributed by atoms with Crippen LogP contribution in [0.25, 0.3) is 0 Å². The summed E-state index contributed by atoms with van der Waals surface area (Å²) < 4.78 is 18.6. The van der Waals surface area contributed by atoms with Crippen LogP contribution in [0.15, 0.2) is 24.3 Å². The summed E-state index contributed by atoms with van der Waals surface area (Å²) in [5.41, 5.74) is 0.636. The number of hydrogen-bond donors (Lipinski definition) is 0. The normalized spacial score (nSPS) is 10.4. The number of aromatic nitrogens is 3. The summed E-state index contributed by atoms with van der Waals surface area (Å²) in [6.07, 6.45) is 0. The minimum Gasteiger partial charge on any atom is -0.464 e. The van der Waals surface area contributed by atoms with Crippen molar-refractivity contribution in [1.82, 2.24) is 15.0 Å². The number of anilines is 2. The number of ether oxygens (including phenoxy) is 1. The molecule has 20 heavy (non-hydrogen) atoms. The topological polar surface area (TPSA) is 51.1 Å². The second-order valence-electron chi connectivity index (χ2n) is 3.84. The van der Waals surface area contributed by atoms with Crippen molar-refractivity contribution >= 4 is 23.2 Å². The van der Waals surface area contributed by atoms with Gasteiger partial charge >= 0.3 is 6.01 Å². The molecular formula is C13H14ClFN4O. The number of rotatable bonds is 5. The molecule has 0 saturated heterocycles. The van der Waals surface area contributed by atoms with Gasteiger partial charge in [-0.2, -0.15) is 15.0 Å². The zero-order valence-electron chi connectivity index (χ0n) is 11.2. The Labute approximate surface area is 121 Å². The molecule has 0 aliphatic carbocycles. The average Bonchev–Trinajstić information content (AvgIpc) is 2.39. The Morgan fingerprint density at radius 2 is 2.05 bits per heavy atom. The molecule has 1 aromatic carbocycles. The second kappa shape index (κ2) is 6.47. The van der Waals surface area contributed by atoms with Gasteiger partial charge in [-0.25, -0.2) is 4.39 Å². The van der Waals surface area contributed by atoms with Gasteiger partial charge in [-0.15, -0.1) is 0 Å². The van der Waals surface area contributed by atoms with Crippen LogP contribution in [0.1, 0.15) is 13.8 Å². The fraction of sp³-hybridized carbons (Fsp3) is 0.308. The summed E-state index contributed by atoms with van der Waals surface area (Å²) in [6, 6.07) is 6.33. The zero-order chi connectivity index (χ0) is 14.5. The van der Waals surface area contributed by atoms with Crippen molar-refractivity contribution in [3.63, 3.8) is 0 Å². The molecule has 2 aromatic rings. The van der Waals surface area contributed by atoms with Crippen LogP contribution < -0.4 is 9.64 Å². The smallest absolute Gasteiger partial charge is 0.322 e. The molecular weight excluding hydrogens is 283 g/mol. The Morgan fingerprint density at radius 3 is 2.70 bits per heavy atom. The molecule has 2 rings (SSSR count). The van der Waals surface area contributed by atoms with Crippen LogP contribution in [0.2, 0.25) is 5.28 Å². The van der Waals surface area contributed by atoms with Gasteiger partial charge in [0, 0.05) is 12.2 Å².